The number of thiazole rings is 1. The number of carboxylic acids is 1. The standard InChI is InChI=1S/C19H16N2O4S/c1-24-11-15(19(22)23)14-7-3-2-6-13(14)10-25-17-12-26-18(21-17)16-8-4-5-9-20-16/h2-9,11-12H,10H2,1H3,(H,22,23)/b15-11+. The van der Waals surface area contributed by atoms with Gasteiger partial charge in [-0.05, 0) is 23.3 Å². The first-order chi connectivity index (χ1) is 12.7. The molecule has 0 aliphatic rings. The topological polar surface area (TPSA) is 81.5 Å². The summed E-state index contributed by atoms with van der Waals surface area (Å²) in [5.74, 6) is -0.594. The van der Waals surface area contributed by atoms with Crippen LogP contribution in [0.1, 0.15) is 11.1 Å². The highest BCUT2D eigenvalue weighted by atomic mass is 32.1. The SMILES string of the molecule is CO/C=C(/C(=O)O)c1ccccc1COc1csc(-c2ccccn2)n1. The second-order valence-electron chi connectivity index (χ2n) is 5.22. The van der Waals surface area contributed by atoms with E-state index in [1.807, 2.05) is 30.3 Å². The number of hydrogen-bond donors (Lipinski definition) is 1. The number of methoxy groups -OCH3 is 1. The quantitative estimate of drug-likeness (QED) is 0.504. The van der Waals surface area contributed by atoms with E-state index in [0.29, 0.717) is 11.4 Å². The molecule has 0 radical (unpaired) electrons. The molecule has 3 rings (SSSR count). The summed E-state index contributed by atoms with van der Waals surface area (Å²) in [6, 6.07) is 12.8. The zero-order valence-corrected chi connectivity index (χ0v) is 14.8. The van der Waals surface area contributed by atoms with E-state index in [2.05, 4.69) is 9.97 Å². The first-order valence-corrected chi connectivity index (χ1v) is 8.61. The molecule has 0 unspecified atom stereocenters. The summed E-state index contributed by atoms with van der Waals surface area (Å²) in [7, 11) is 1.41. The maximum atomic E-state index is 11.5. The van der Waals surface area contributed by atoms with Gasteiger partial charge in [-0.1, -0.05) is 30.3 Å². The molecule has 0 bridgehead atoms. The number of aliphatic carboxylic acids is 1. The van der Waals surface area contributed by atoms with Gasteiger partial charge in [-0.15, -0.1) is 11.3 Å². The van der Waals surface area contributed by atoms with Crippen LogP contribution in [0.15, 0.2) is 60.3 Å². The predicted molar refractivity (Wildman–Crippen MR) is 98.7 cm³/mol. The molecule has 7 heteroatoms. The Morgan fingerprint density at radius 1 is 1.23 bits per heavy atom. The number of benzene rings is 1. The van der Waals surface area contributed by atoms with Gasteiger partial charge in [0.2, 0.25) is 5.88 Å². The Labute approximate surface area is 154 Å². The summed E-state index contributed by atoms with van der Waals surface area (Å²) in [6.45, 7) is 0.190. The fourth-order valence-electron chi connectivity index (χ4n) is 2.34. The van der Waals surface area contributed by atoms with Crippen LogP contribution in [0.25, 0.3) is 16.3 Å². The molecule has 0 atom stereocenters. The summed E-state index contributed by atoms with van der Waals surface area (Å²) >= 11 is 1.44. The van der Waals surface area contributed by atoms with Crippen molar-refractivity contribution in [1.29, 1.82) is 0 Å². The maximum Gasteiger partial charge on any atom is 0.339 e. The highest BCUT2D eigenvalue weighted by molar-refractivity contribution is 7.13. The van der Waals surface area contributed by atoms with E-state index in [-0.39, 0.29) is 12.2 Å². The van der Waals surface area contributed by atoms with Crippen LogP contribution in [0.3, 0.4) is 0 Å². The van der Waals surface area contributed by atoms with Crippen LogP contribution < -0.4 is 4.74 Å². The molecule has 26 heavy (non-hydrogen) atoms. The van der Waals surface area contributed by atoms with Gasteiger partial charge >= 0.3 is 5.97 Å². The van der Waals surface area contributed by atoms with E-state index in [0.717, 1.165) is 16.3 Å². The molecule has 132 valence electrons. The Bertz CT molecular complexity index is 922. The minimum atomic E-state index is -1.06. The third kappa shape index (κ3) is 4.07. The molecular weight excluding hydrogens is 352 g/mol. The molecule has 0 saturated heterocycles. The summed E-state index contributed by atoms with van der Waals surface area (Å²) in [4.78, 5) is 20.2. The zero-order valence-electron chi connectivity index (χ0n) is 14.0. The van der Waals surface area contributed by atoms with Crippen molar-refractivity contribution in [3.63, 3.8) is 0 Å². The lowest BCUT2D eigenvalue weighted by Gasteiger charge is -2.10. The van der Waals surface area contributed by atoms with Gasteiger partial charge in [0.1, 0.15) is 17.2 Å². The molecule has 2 aromatic heterocycles. The van der Waals surface area contributed by atoms with Crippen LogP contribution >= 0.6 is 11.3 Å². The molecule has 0 spiro atoms. The average molecular weight is 368 g/mol. The largest absolute Gasteiger partial charge is 0.503 e. The van der Waals surface area contributed by atoms with E-state index >= 15 is 0 Å². The Morgan fingerprint density at radius 2 is 2.04 bits per heavy atom. The zero-order chi connectivity index (χ0) is 18.4. The molecule has 0 amide bonds. The number of aromatic nitrogens is 2. The highest BCUT2D eigenvalue weighted by Gasteiger charge is 2.15. The summed E-state index contributed by atoms with van der Waals surface area (Å²) in [5, 5.41) is 12.0. The number of hydrogen-bond acceptors (Lipinski definition) is 6. The van der Waals surface area contributed by atoms with Gasteiger partial charge in [0.15, 0.2) is 0 Å². The summed E-state index contributed by atoms with van der Waals surface area (Å²) in [6.07, 6.45) is 2.92. The third-order valence-corrected chi connectivity index (χ3v) is 4.36. The van der Waals surface area contributed by atoms with E-state index in [1.165, 1.54) is 24.7 Å². The first kappa shape index (κ1) is 17.6. The molecule has 3 aromatic rings. The molecule has 6 nitrogen and oxygen atoms in total. The van der Waals surface area contributed by atoms with Gasteiger partial charge in [0.05, 0.1) is 24.4 Å². The number of carboxylic acid groups (broad SMARTS) is 1. The van der Waals surface area contributed by atoms with Crippen molar-refractivity contribution in [2.75, 3.05) is 7.11 Å². The molecule has 1 aromatic carbocycles. The fraction of sp³-hybridized carbons (Fsp3) is 0.105. The monoisotopic (exact) mass is 368 g/mol. The van der Waals surface area contributed by atoms with Gasteiger partial charge < -0.3 is 14.6 Å². The minimum Gasteiger partial charge on any atom is -0.503 e. The Balaban J connectivity index is 1.78. The lowest BCUT2D eigenvalue weighted by atomic mass is 10.0. The van der Waals surface area contributed by atoms with Crippen LogP contribution in [0.5, 0.6) is 5.88 Å². The number of ether oxygens (including phenoxy) is 2. The molecule has 1 N–H and O–H groups in total. The maximum absolute atomic E-state index is 11.5. The van der Waals surface area contributed by atoms with Gasteiger partial charge in [0.25, 0.3) is 0 Å². The minimum absolute atomic E-state index is 0.0687. The predicted octanol–water partition coefficient (Wildman–Crippen LogP) is 3.86. The van der Waals surface area contributed by atoms with E-state index in [1.54, 1.807) is 23.7 Å². The van der Waals surface area contributed by atoms with Crippen molar-refractivity contribution in [2.45, 2.75) is 6.61 Å². The normalized spacial score (nSPS) is 11.2. The summed E-state index contributed by atoms with van der Waals surface area (Å²) in [5.41, 5.74) is 2.12. The van der Waals surface area contributed by atoms with Crippen molar-refractivity contribution < 1.29 is 19.4 Å². The fourth-order valence-corrected chi connectivity index (χ4v) is 3.06. The molecular formula is C19H16N2O4S. The van der Waals surface area contributed by atoms with E-state index in [9.17, 15) is 9.90 Å². The van der Waals surface area contributed by atoms with Crippen LogP contribution in [0, 0.1) is 0 Å². The van der Waals surface area contributed by atoms with Gasteiger partial charge in [-0.3, -0.25) is 4.98 Å². The molecule has 0 saturated carbocycles. The lowest BCUT2D eigenvalue weighted by molar-refractivity contribution is -0.130. The van der Waals surface area contributed by atoms with Crippen LogP contribution in [0.2, 0.25) is 0 Å². The Kier molecular flexibility index (Phi) is 5.60. The van der Waals surface area contributed by atoms with Crippen molar-refractivity contribution in [1.82, 2.24) is 9.97 Å². The summed E-state index contributed by atoms with van der Waals surface area (Å²) < 4.78 is 10.6. The van der Waals surface area contributed by atoms with Gasteiger partial charge in [-0.25, -0.2) is 9.78 Å². The van der Waals surface area contributed by atoms with Crippen molar-refractivity contribution in [2.24, 2.45) is 0 Å². The van der Waals surface area contributed by atoms with Crippen LogP contribution in [-0.4, -0.2) is 28.2 Å². The number of carbonyl (C=O) groups is 1. The number of rotatable bonds is 7. The Morgan fingerprint density at radius 3 is 2.77 bits per heavy atom. The first-order valence-electron chi connectivity index (χ1n) is 7.73. The van der Waals surface area contributed by atoms with Crippen molar-refractivity contribution >= 4 is 22.9 Å². The Hall–Kier alpha value is -3.19. The molecule has 0 aliphatic carbocycles. The van der Waals surface area contributed by atoms with Gasteiger partial charge in [0, 0.05) is 6.20 Å². The number of nitrogens with zero attached hydrogens (tertiary/aromatic N) is 2. The van der Waals surface area contributed by atoms with E-state index in [4.69, 9.17) is 9.47 Å². The molecule has 0 aliphatic heterocycles. The average Bonchev–Trinajstić information content (AvgIpc) is 3.14. The van der Waals surface area contributed by atoms with Crippen molar-refractivity contribution in [3.05, 3.63) is 71.4 Å². The van der Waals surface area contributed by atoms with Crippen LogP contribution in [0.4, 0.5) is 0 Å². The smallest absolute Gasteiger partial charge is 0.339 e. The second kappa shape index (κ2) is 8.26. The lowest BCUT2D eigenvalue weighted by Crippen LogP contribution is -2.06. The second-order valence-corrected chi connectivity index (χ2v) is 6.08. The van der Waals surface area contributed by atoms with Crippen LogP contribution in [-0.2, 0) is 16.1 Å². The van der Waals surface area contributed by atoms with E-state index < -0.39 is 5.97 Å². The molecule has 2 heterocycles. The number of pyridine rings is 1. The van der Waals surface area contributed by atoms with Crippen molar-refractivity contribution in [3.8, 4) is 16.6 Å². The third-order valence-electron chi connectivity index (χ3n) is 3.52. The van der Waals surface area contributed by atoms with Gasteiger partial charge in [-0.2, -0.15) is 0 Å². The highest BCUT2D eigenvalue weighted by Crippen LogP contribution is 2.27. The molecule has 0 fully saturated rings.